The molecule has 0 bridgehead atoms. The van der Waals surface area contributed by atoms with E-state index in [0.29, 0.717) is 0 Å². The van der Waals surface area contributed by atoms with Crippen LogP contribution in [0.4, 0.5) is 24.5 Å². The summed E-state index contributed by atoms with van der Waals surface area (Å²) in [6, 6.07) is 7.61. The molecule has 24 heavy (non-hydrogen) atoms. The molecule has 0 radical (unpaired) electrons. The van der Waals surface area contributed by atoms with E-state index in [4.69, 9.17) is 4.74 Å². The van der Waals surface area contributed by atoms with E-state index in [1.807, 2.05) is 0 Å². The zero-order valence-corrected chi connectivity index (χ0v) is 12.3. The van der Waals surface area contributed by atoms with Crippen molar-refractivity contribution >= 4 is 17.3 Å². The van der Waals surface area contributed by atoms with E-state index in [1.165, 1.54) is 19.1 Å². The van der Waals surface area contributed by atoms with Gasteiger partial charge in [-0.3, -0.25) is 14.9 Å². The maximum absolute atomic E-state index is 12.5. The van der Waals surface area contributed by atoms with Gasteiger partial charge in [0.05, 0.1) is 16.6 Å². The Balaban J connectivity index is 2.25. The number of carbonyl (C=O) groups is 1. The fourth-order valence-electron chi connectivity index (χ4n) is 1.87. The molecule has 2 aromatic carbocycles. The van der Waals surface area contributed by atoms with Crippen molar-refractivity contribution in [2.24, 2.45) is 0 Å². The summed E-state index contributed by atoms with van der Waals surface area (Å²) in [5.41, 5.74) is -1.23. The Kier molecular flexibility index (Phi) is 4.72. The van der Waals surface area contributed by atoms with Crippen molar-refractivity contribution in [1.82, 2.24) is 0 Å². The highest BCUT2D eigenvalue weighted by atomic mass is 19.4. The highest BCUT2D eigenvalue weighted by molar-refractivity contribution is 5.91. The number of alkyl halides is 3. The third-order valence-corrected chi connectivity index (χ3v) is 2.89. The summed E-state index contributed by atoms with van der Waals surface area (Å²) in [6.07, 6.45) is -4.46. The van der Waals surface area contributed by atoms with Gasteiger partial charge >= 0.3 is 6.18 Å². The van der Waals surface area contributed by atoms with Crippen LogP contribution in [-0.4, -0.2) is 10.8 Å². The van der Waals surface area contributed by atoms with Crippen molar-refractivity contribution in [3.8, 4) is 11.5 Å². The second-order valence-corrected chi connectivity index (χ2v) is 4.74. The van der Waals surface area contributed by atoms with E-state index < -0.39 is 28.3 Å². The monoisotopic (exact) mass is 340 g/mol. The van der Waals surface area contributed by atoms with Crippen LogP contribution in [0.2, 0.25) is 0 Å². The van der Waals surface area contributed by atoms with Gasteiger partial charge in [0.1, 0.15) is 17.2 Å². The highest BCUT2D eigenvalue weighted by Crippen LogP contribution is 2.33. The van der Waals surface area contributed by atoms with Gasteiger partial charge in [0, 0.05) is 6.92 Å². The zero-order chi connectivity index (χ0) is 17.9. The Morgan fingerprint density at radius 3 is 2.21 bits per heavy atom. The first-order valence-electron chi connectivity index (χ1n) is 6.58. The van der Waals surface area contributed by atoms with Gasteiger partial charge in [-0.05, 0) is 36.4 Å². The van der Waals surface area contributed by atoms with Crippen LogP contribution in [0.25, 0.3) is 0 Å². The topological polar surface area (TPSA) is 81.5 Å². The molecule has 0 fully saturated rings. The molecule has 2 rings (SSSR count). The Labute approximate surface area is 134 Å². The number of hydrogen-bond donors (Lipinski definition) is 1. The fraction of sp³-hybridized carbons (Fsp3) is 0.133. The van der Waals surface area contributed by atoms with Crippen molar-refractivity contribution < 1.29 is 27.6 Å². The second kappa shape index (κ2) is 6.57. The number of nitro groups is 1. The molecule has 0 saturated heterocycles. The minimum Gasteiger partial charge on any atom is -0.457 e. The molecule has 0 heterocycles. The van der Waals surface area contributed by atoms with Crippen LogP contribution in [0, 0.1) is 10.1 Å². The summed E-state index contributed by atoms with van der Waals surface area (Å²) in [5, 5.41) is 13.3. The molecule has 0 spiro atoms. The minimum atomic E-state index is -4.46. The van der Waals surface area contributed by atoms with Crippen molar-refractivity contribution in [2.75, 3.05) is 5.32 Å². The number of ether oxygens (including phenoxy) is 1. The standard InChI is InChI=1S/C15H11F3N2O4/c1-9(21)19-13-7-6-12(8-14(13)20(22)23)24-11-4-2-10(3-5-11)15(16,17)18/h2-8H,1H3,(H,19,21). The molecular weight excluding hydrogens is 329 g/mol. The van der Waals surface area contributed by atoms with E-state index in [2.05, 4.69) is 5.32 Å². The number of carbonyl (C=O) groups excluding carboxylic acids is 1. The van der Waals surface area contributed by atoms with E-state index >= 15 is 0 Å². The molecule has 0 aliphatic heterocycles. The lowest BCUT2D eigenvalue weighted by atomic mass is 10.2. The molecule has 0 saturated carbocycles. The van der Waals surface area contributed by atoms with Crippen molar-refractivity contribution in [2.45, 2.75) is 13.1 Å². The molecule has 126 valence electrons. The van der Waals surface area contributed by atoms with Crippen molar-refractivity contribution in [1.29, 1.82) is 0 Å². The molecule has 0 aliphatic rings. The van der Waals surface area contributed by atoms with Crippen LogP contribution in [0.15, 0.2) is 42.5 Å². The summed E-state index contributed by atoms with van der Waals surface area (Å²) in [5.74, 6) is -0.338. The predicted octanol–water partition coefficient (Wildman–Crippen LogP) is 4.36. The van der Waals surface area contributed by atoms with Gasteiger partial charge in [0.25, 0.3) is 5.69 Å². The first-order chi connectivity index (χ1) is 11.2. The summed E-state index contributed by atoms with van der Waals surface area (Å²) < 4.78 is 42.8. The Morgan fingerprint density at radius 2 is 1.71 bits per heavy atom. The molecule has 0 unspecified atom stereocenters. The lowest BCUT2D eigenvalue weighted by Crippen LogP contribution is -2.08. The number of hydrogen-bond acceptors (Lipinski definition) is 4. The number of benzene rings is 2. The smallest absolute Gasteiger partial charge is 0.416 e. The minimum absolute atomic E-state index is 0.00716. The first kappa shape index (κ1) is 17.3. The van der Waals surface area contributed by atoms with Gasteiger partial charge in [0.15, 0.2) is 0 Å². The Hall–Kier alpha value is -3.10. The first-order valence-corrected chi connectivity index (χ1v) is 6.58. The van der Waals surface area contributed by atoms with Gasteiger partial charge in [-0.25, -0.2) is 0 Å². The average molecular weight is 340 g/mol. The average Bonchev–Trinajstić information content (AvgIpc) is 2.47. The number of nitrogens with one attached hydrogen (secondary N) is 1. The SMILES string of the molecule is CC(=O)Nc1ccc(Oc2ccc(C(F)(F)F)cc2)cc1[N+](=O)[O-]. The third-order valence-electron chi connectivity index (χ3n) is 2.89. The van der Waals surface area contributed by atoms with E-state index in [9.17, 15) is 28.1 Å². The second-order valence-electron chi connectivity index (χ2n) is 4.74. The van der Waals surface area contributed by atoms with Crippen LogP contribution >= 0.6 is 0 Å². The van der Waals surface area contributed by atoms with Gasteiger partial charge < -0.3 is 10.1 Å². The maximum atomic E-state index is 12.5. The largest absolute Gasteiger partial charge is 0.457 e. The van der Waals surface area contributed by atoms with Gasteiger partial charge in [-0.2, -0.15) is 13.2 Å². The predicted molar refractivity (Wildman–Crippen MR) is 78.9 cm³/mol. The number of anilines is 1. The zero-order valence-electron chi connectivity index (χ0n) is 12.3. The number of amides is 1. The molecule has 0 atom stereocenters. The number of nitro benzene ring substituents is 1. The highest BCUT2D eigenvalue weighted by Gasteiger charge is 2.30. The lowest BCUT2D eigenvalue weighted by Gasteiger charge is -2.10. The Morgan fingerprint density at radius 1 is 1.12 bits per heavy atom. The molecular formula is C15H11F3N2O4. The van der Waals surface area contributed by atoms with E-state index in [0.717, 1.165) is 30.3 Å². The van der Waals surface area contributed by atoms with Gasteiger partial charge in [-0.1, -0.05) is 0 Å². The normalized spacial score (nSPS) is 11.0. The molecule has 6 nitrogen and oxygen atoms in total. The Bertz CT molecular complexity index is 773. The lowest BCUT2D eigenvalue weighted by molar-refractivity contribution is -0.384. The van der Waals surface area contributed by atoms with E-state index in [1.54, 1.807) is 0 Å². The van der Waals surface area contributed by atoms with Crippen LogP contribution in [-0.2, 0) is 11.0 Å². The number of rotatable bonds is 4. The molecule has 9 heteroatoms. The van der Waals surface area contributed by atoms with Crippen LogP contribution in [0.3, 0.4) is 0 Å². The molecule has 2 aromatic rings. The maximum Gasteiger partial charge on any atom is 0.416 e. The molecule has 1 N–H and O–H groups in total. The number of halogens is 3. The van der Waals surface area contributed by atoms with Crippen molar-refractivity contribution in [3.63, 3.8) is 0 Å². The summed E-state index contributed by atoms with van der Waals surface area (Å²) in [4.78, 5) is 21.4. The fourth-order valence-corrected chi connectivity index (χ4v) is 1.87. The van der Waals surface area contributed by atoms with E-state index in [-0.39, 0.29) is 17.2 Å². The summed E-state index contributed by atoms with van der Waals surface area (Å²) in [7, 11) is 0. The van der Waals surface area contributed by atoms with Gasteiger partial charge in [-0.15, -0.1) is 0 Å². The summed E-state index contributed by atoms with van der Waals surface area (Å²) >= 11 is 0. The van der Waals surface area contributed by atoms with Crippen molar-refractivity contribution in [3.05, 3.63) is 58.1 Å². The quantitative estimate of drug-likeness (QED) is 0.662. The molecule has 1 amide bonds. The van der Waals surface area contributed by atoms with Gasteiger partial charge in [0.2, 0.25) is 5.91 Å². The third kappa shape index (κ3) is 4.22. The van der Waals surface area contributed by atoms with Crippen LogP contribution in [0.1, 0.15) is 12.5 Å². The number of nitrogens with zero attached hydrogens (tertiary/aromatic N) is 1. The van der Waals surface area contributed by atoms with Crippen LogP contribution in [0.5, 0.6) is 11.5 Å². The molecule has 0 aliphatic carbocycles. The molecule has 0 aromatic heterocycles. The summed E-state index contributed by atoms with van der Waals surface area (Å²) in [6.45, 7) is 1.20. The van der Waals surface area contributed by atoms with Crippen LogP contribution < -0.4 is 10.1 Å².